The summed E-state index contributed by atoms with van der Waals surface area (Å²) >= 11 is 0. The van der Waals surface area contributed by atoms with E-state index in [2.05, 4.69) is 5.32 Å². The summed E-state index contributed by atoms with van der Waals surface area (Å²) in [6.07, 6.45) is 0. The first-order valence-electron chi connectivity index (χ1n) is 9.24. The van der Waals surface area contributed by atoms with Gasteiger partial charge < -0.3 is 19.5 Å². The molecule has 3 aromatic carbocycles. The third kappa shape index (κ3) is 6.07. The van der Waals surface area contributed by atoms with Crippen LogP contribution < -0.4 is 14.8 Å². The molecule has 0 saturated heterocycles. The molecule has 30 heavy (non-hydrogen) atoms. The molecule has 0 fully saturated rings. The van der Waals surface area contributed by atoms with Crippen molar-refractivity contribution in [2.75, 3.05) is 25.1 Å². The van der Waals surface area contributed by atoms with E-state index in [0.717, 1.165) is 5.75 Å². The summed E-state index contributed by atoms with van der Waals surface area (Å²) in [5.74, 6) is -0.918. The number of anilines is 1. The molecule has 6 nitrogen and oxygen atoms in total. The molecule has 0 aliphatic rings. The van der Waals surface area contributed by atoms with Crippen LogP contribution in [0.4, 0.5) is 10.1 Å². The number of ether oxygens (including phenoxy) is 3. The Morgan fingerprint density at radius 2 is 1.47 bits per heavy atom. The number of amides is 1. The van der Waals surface area contributed by atoms with Crippen molar-refractivity contribution < 1.29 is 28.2 Å². The van der Waals surface area contributed by atoms with Crippen molar-refractivity contribution in [2.24, 2.45) is 0 Å². The van der Waals surface area contributed by atoms with Crippen LogP contribution in [0, 0.1) is 5.82 Å². The first-order valence-corrected chi connectivity index (χ1v) is 9.24. The molecule has 1 amide bonds. The van der Waals surface area contributed by atoms with Crippen LogP contribution in [-0.4, -0.2) is 31.7 Å². The fourth-order valence-electron chi connectivity index (χ4n) is 2.55. The maximum atomic E-state index is 13.6. The first kappa shape index (κ1) is 20.9. The Labute approximate surface area is 173 Å². The summed E-state index contributed by atoms with van der Waals surface area (Å²) in [6.45, 7) is -0.0516. The summed E-state index contributed by atoms with van der Waals surface area (Å²) in [5, 5.41) is 2.35. The molecule has 3 rings (SSSR count). The van der Waals surface area contributed by atoms with Crippen molar-refractivity contribution in [1.29, 1.82) is 0 Å². The Kier molecular flexibility index (Phi) is 7.38. The highest BCUT2D eigenvalue weighted by molar-refractivity contribution is 5.96. The molecule has 1 N–H and O–H groups in total. The van der Waals surface area contributed by atoms with Crippen LogP contribution in [0.5, 0.6) is 11.5 Å². The number of benzene rings is 3. The predicted molar refractivity (Wildman–Crippen MR) is 109 cm³/mol. The van der Waals surface area contributed by atoms with Gasteiger partial charge in [0.15, 0.2) is 6.61 Å². The number of hydrogen-bond acceptors (Lipinski definition) is 5. The van der Waals surface area contributed by atoms with Gasteiger partial charge in [0.05, 0.1) is 5.69 Å². The topological polar surface area (TPSA) is 73.9 Å². The van der Waals surface area contributed by atoms with Crippen LogP contribution in [0.2, 0.25) is 0 Å². The van der Waals surface area contributed by atoms with Gasteiger partial charge in [-0.15, -0.1) is 0 Å². The minimum Gasteiger partial charge on any atom is -0.490 e. The molecule has 0 aliphatic heterocycles. The average molecular weight is 409 g/mol. The number of para-hydroxylation sites is 3. The third-order valence-corrected chi connectivity index (χ3v) is 3.94. The van der Waals surface area contributed by atoms with Gasteiger partial charge in [0.25, 0.3) is 5.91 Å². The maximum Gasteiger partial charge on any atom is 0.342 e. The lowest BCUT2D eigenvalue weighted by atomic mass is 10.2. The molecule has 0 aromatic heterocycles. The predicted octanol–water partition coefficient (Wildman–Crippen LogP) is 4.08. The van der Waals surface area contributed by atoms with Gasteiger partial charge in [-0.3, -0.25) is 4.79 Å². The molecule has 0 unspecified atom stereocenters. The molecule has 0 aliphatic carbocycles. The number of carbonyl (C=O) groups excluding carboxylic acids is 2. The van der Waals surface area contributed by atoms with Gasteiger partial charge in [-0.05, 0) is 36.4 Å². The largest absolute Gasteiger partial charge is 0.490 e. The second-order valence-electron chi connectivity index (χ2n) is 6.11. The van der Waals surface area contributed by atoms with Crippen molar-refractivity contribution in [3.63, 3.8) is 0 Å². The van der Waals surface area contributed by atoms with Crippen molar-refractivity contribution in [3.05, 3.63) is 90.2 Å². The van der Waals surface area contributed by atoms with E-state index >= 15 is 0 Å². The van der Waals surface area contributed by atoms with Gasteiger partial charge in [0, 0.05) is 0 Å². The second kappa shape index (κ2) is 10.6. The van der Waals surface area contributed by atoms with Gasteiger partial charge in [-0.1, -0.05) is 42.5 Å². The normalized spacial score (nSPS) is 10.2. The number of hydrogen-bond donors (Lipinski definition) is 1. The Bertz CT molecular complexity index is 994. The Hall–Kier alpha value is -3.87. The van der Waals surface area contributed by atoms with Crippen LogP contribution >= 0.6 is 0 Å². The van der Waals surface area contributed by atoms with Crippen LogP contribution in [0.1, 0.15) is 10.4 Å². The molecule has 0 bridgehead atoms. The fourth-order valence-corrected chi connectivity index (χ4v) is 2.55. The highest BCUT2D eigenvalue weighted by Crippen LogP contribution is 2.19. The van der Waals surface area contributed by atoms with E-state index in [-0.39, 0.29) is 17.9 Å². The third-order valence-electron chi connectivity index (χ3n) is 3.94. The summed E-state index contributed by atoms with van der Waals surface area (Å²) in [4.78, 5) is 24.3. The lowest BCUT2D eigenvalue weighted by molar-refractivity contribution is -0.119. The number of rotatable bonds is 9. The quantitative estimate of drug-likeness (QED) is 0.426. The summed E-state index contributed by atoms with van der Waals surface area (Å²) in [5.41, 5.74) is 0.191. The van der Waals surface area contributed by atoms with E-state index in [1.807, 2.05) is 30.3 Å². The molecule has 7 heteroatoms. The van der Waals surface area contributed by atoms with Crippen LogP contribution in [-0.2, 0) is 9.53 Å². The molecule has 0 spiro atoms. The first-order chi connectivity index (χ1) is 14.6. The zero-order valence-corrected chi connectivity index (χ0v) is 16.0. The van der Waals surface area contributed by atoms with Crippen molar-refractivity contribution in [2.45, 2.75) is 0 Å². The monoisotopic (exact) mass is 409 g/mol. The van der Waals surface area contributed by atoms with E-state index in [1.54, 1.807) is 24.3 Å². The molecule has 0 heterocycles. The highest BCUT2D eigenvalue weighted by Gasteiger charge is 2.16. The molecule has 0 saturated carbocycles. The Morgan fingerprint density at radius 1 is 0.800 bits per heavy atom. The standard InChI is InChI=1S/C23H20FNO5/c24-19-11-5-6-12-20(19)25-22(26)16-30-23(27)18-10-4-7-13-21(18)29-15-14-28-17-8-2-1-3-9-17/h1-13H,14-16H2,(H,25,26). The molecular formula is C23H20FNO5. The van der Waals surface area contributed by atoms with Crippen LogP contribution in [0.3, 0.4) is 0 Å². The maximum absolute atomic E-state index is 13.6. The second-order valence-corrected chi connectivity index (χ2v) is 6.11. The lowest BCUT2D eigenvalue weighted by Crippen LogP contribution is -2.22. The van der Waals surface area contributed by atoms with Gasteiger partial charge in [0.1, 0.15) is 36.1 Å². The van der Waals surface area contributed by atoms with Crippen LogP contribution in [0.15, 0.2) is 78.9 Å². The zero-order chi connectivity index (χ0) is 21.2. The van der Waals surface area contributed by atoms with Crippen molar-refractivity contribution in [1.82, 2.24) is 0 Å². The van der Waals surface area contributed by atoms with E-state index in [1.165, 1.54) is 24.3 Å². The smallest absolute Gasteiger partial charge is 0.342 e. The summed E-state index contributed by atoms with van der Waals surface area (Å²) in [6, 6.07) is 21.5. The average Bonchev–Trinajstić information content (AvgIpc) is 2.78. The van der Waals surface area contributed by atoms with Gasteiger partial charge in [-0.2, -0.15) is 0 Å². The Morgan fingerprint density at radius 3 is 2.27 bits per heavy atom. The van der Waals surface area contributed by atoms with E-state index in [9.17, 15) is 14.0 Å². The zero-order valence-electron chi connectivity index (χ0n) is 16.0. The highest BCUT2D eigenvalue weighted by atomic mass is 19.1. The van der Waals surface area contributed by atoms with E-state index in [4.69, 9.17) is 14.2 Å². The minimum atomic E-state index is -0.724. The number of nitrogens with one attached hydrogen (secondary N) is 1. The van der Waals surface area contributed by atoms with Gasteiger partial charge >= 0.3 is 5.97 Å². The van der Waals surface area contributed by atoms with Crippen LogP contribution in [0.25, 0.3) is 0 Å². The van der Waals surface area contributed by atoms with Crippen molar-refractivity contribution in [3.8, 4) is 11.5 Å². The number of esters is 1. The molecule has 0 radical (unpaired) electrons. The number of halogens is 1. The fraction of sp³-hybridized carbons (Fsp3) is 0.130. The SMILES string of the molecule is O=C(COC(=O)c1ccccc1OCCOc1ccccc1)Nc1ccccc1F. The van der Waals surface area contributed by atoms with Crippen molar-refractivity contribution >= 4 is 17.6 Å². The van der Waals surface area contributed by atoms with Gasteiger partial charge in [0.2, 0.25) is 0 Å². The van der Waals surface area contributed by atoms with E-state index in [0.29, 0.717) is 12.4 Å². The van der Waals surface area contributed by atoms with E-state index < -0.39 is 24.3 Å². The molecular weight excluding hydrogens is 389 g/mol. The lowest BCUT2D eigenvalue weighted by Gasteiger charge is -2.12. The summed E-state index contributed by atoms with van der Waals surface area (Å²) < 4.78 is 29.8. The minimum absolute atomic E-state index is 0.0145. The molecule has 154 valence electrons. The molecule has 3 aromatic rings. The number of carbonyl (C=O) groups is 2. The Balaban J connectivity index is 1.49. The summed E-state index contributed by atoms with van der Waals surface area (Å²) in [7, 11) is 0. The van der Waals surface area contributed by atoms with Gasteiger partial charge in [-0.25, -0.2) is 9.18 Å². The molecule has 0 atom stereocenters.